The fraction of sp³-hybridized carbons (Fsp3) is 0.125. The molecule has 0 aliphatic rings. The second-order valence-electron chi connectivity index (χ2n) is 7.07. The Morgan fingerprint density at radius 1 is 0.968 bits per heavy atom. The summed E-state index contributed by atoms with van der Waals surface area (Å²) in [6.45, 7) is 0.610. The maximum absolute atomic E-state index is 13.7. The van der Waals surface area contributed by atoms with E-state index in [-0.39, 0.29) is 18.9 Å². The van der Waals surface area contributed by atoms with Crippen LogP contribution in [0.1, 0.15) is 22.5 Å². The van der Waals surface area contributed by atoms with E-state index in [4.69, 9.17) is 10.8 Å². The molecule has 0 bridgehead atoms. The minimum absolute atomic E-state index is 0.0931. The quantitative estimate of drug-likeness (QED) is 0.457. The lowest BCUT2D eigenvalue weighted by Gasteiger charge is -2.22. The molecule has 0 aliphatic carbocycles. The zero-order chi connectivity index (χ0) is 21.6. The number of hydrogen-bond acceptors (Lipinski definition) is 4. The highest BCUT2D eigenvalue weighted by Crippen LogP contribution is 2.26. The van der Waals surface area contributed by atoms with Gasteiger partial charge in [-0.2, -0.15) is 5.10 Å². The van der Waals surface area contributed by atoms with E-state index in [1.165, 1.54) is 0 Å². The Kier molecular flexibility index (Phi) is 6.24. The zero-order valence-corrected chi connectivity index (χ0v) is 17.7. The molecule has 0 spiro atoms. The Morgan fingerprint density at radius 2 is 1.68 bits per heavy atom. The van der Waals surface area contributed by atoms with Gasteiger partial charge in [-0.05, 0) is 35.2 Å². The zero-order valence-electron chi connectivity index (χ0n) is 16.8. The molecular formula is C24H22N4O2S. The molecule has 0 saturated heterocycles. The average Bonchev–Trinajstić information content (AvgIpc) is 3.47. The van der Waals surface area contributed by atoms with Crippen LogP contribution < -0.4 is 5.73 Å². The van der Waals surface area contributed by atoms with Gasteiger partial charge in [-0.1, -0.05) is 54.6 Å². The standard InChI is InChI=1S/C24H22N4O2S/c25-23(29)13-14-27(17-18-8-3-1-4-9-18)24(30)21-16-20(22-12-7-15-31-22)26-28(21)19-10-5-2-6-11-19/h1-12,15-16H,13-14,17H2,(H2,25,29). The third kappa shape index (κ3) is 4.90. The summed E-state index contributed by atoms with van der Waals surface area (Å²) < 4.78 is 1.67. The molecule has 2 heterocycles. The molecule has 2 N–H and O–H groups in total. The number of thiophene rings is 1. The lowest BCUT2D eigenvalue weighted by molar-refractivity contribution is -0.118. The molecule has 0 saturated carbocycles. The van der Waals surface area contributed by atoms with Crippen molar-refractivity contribution in [3.63, 3.8) is 0 Å². The molecule has 4 aromatic rings. The fourth-order valence-electron chi connectivity index (χ4n) is 3.31. The number of nitrogens with two attached hydrogens (primary N) is 1. The topological polar surface area (TPSA) is 81.2 Å². The number of hydrogen-bond donors (Lipinski definition) is 1. The molecule has 6 nitrogen and oxygen atoms in total. The van der Waals surface area contributed by atoms with E-state index in [0.29, 0.717) is 12.2 Å². The number of primary amides is 1. The van der Waals surface area contributed by atoms with Crippen molar-refractivity contribution >= 4 is 23.2 Å². The summed E-state index contributed by atoms with van der Waals surface area (Å²) in [5.74, 6) is -0.647. The molecule has 7 heteroatoms. The van der Waals surface area contributed by atoms with Crippen LogP contribution in [0.3, 0.4) is 0 Å². The Morgan fingerprint density at radius 3 is 2.32 bits per heavy atom. The SMILES string of the molecule is NC(=O)CCN(Cc1ccccc1)C(=O)c1cc(-c2cccs2)nn1-c1ccccc1. The largest absolute Gasteiger partial charge is 0.370 e. The summed E-state index contributed by atoms with van der Waals surface area (Å²) in [6.07, 6.45) is 0.0931. The first-order valence-electron chi connectivity index (χ1n) is 9.92. The number of nitrogens with zero attached hydrogens (tertiary/aromatic N) is 3. The van der Waals surface area contributed by atoms with E-state index in [1.54, 1.807) is 20.9 Å². The Balaban J connectivity index is 1.73. The molecule has 2 aromatic carbocycles. The van der Waals surface area contributed by atoms with Crippen molar-refractivity contribution < 1.29 is 9.59 Å². The van der Waals surface area contributed by atoms with Crippen molar-refractivity contribution in [3.8, 4) is 16.3 Å². The Bertz CT molecular complexity index is 1160. The normalized spacial score (nSPS) is 10.7. The van der Waals surface area contributed by atoms with E-state index < -0.39 is 5.91 Å². The molecule has 4 rings (SSSR count). The van der Waals surface area contributed by atoms with Gasteiger partial charge in [0.05, 0.1) is 10.6 Å². The Hall–Kier alpha value is -3.71. The highest BCUT2D eigenvalue weighted by molar-refractivity contribution is 7.13. The van der Waals surface area contributed by atoms with Gasteiger partial charge in [-0.15, -0.1) is 11.3 Å². The van der Waals surface area contributed by atoms with Crippen LogP contribution in [-0.2, 0) is 11.3 Å². The van der Waals surface area contributed by atoms with Crippen molar-refractivity contribution in [2.45, 2.75) is 13.0 Å². The van der Waals surface area contributed by atoms with Gasteiger partial charge in [0.2, 0.25) is 5.91 Å². The minimum atomic E-state index is -0.443. The summed E-state index contributed by atoms with van der Waals surface area (Å²) in [7, 11) is 0. The summed E-state index contributed by atoms with van der Waals surface area (Å²) in [6, 6.07) is 25.0. The van der Waals surface area contributed by atoms with Gasteiger partial charge in [0.1, 0.15) is 11.4 Å². The highest BCUT2D eigenvalue weighted by Gasteiger charge is 2.23. The second kappa shape index (κ2) is 9.40. The predicted octanol–water partition coefficient (Wildman–Crippen LogP) is 4.12. The second-order valence-corrected chi connectivity index (χ2v) is 8.02. The van der Waals surface area contributed by atoms with Gasteiger partial charge in [0.25, 0.3) is 5.91 Å². The first-order valence-corrected chi connectivity index (χ1v) is 10.8. The van der Waals surface area contributed by atoms with Crippen LogP contribution in [0.5, 0.6) is 0 Å². The van der Waals surface area contributed by atoms with Crippen molar-refractivity contribution in [1.82, 2.24) is 14.7 Å². The number of benzene rings is 2. The highest BCUT2D eigenvalue weighted by atomic mass is 32.1. The number of para-hydroxylation sites is 1. The fourth-order valence-corrected chi connectivity index (χ4v) is 3.99. The molecule has 0 fully saturated rings. The molecule has 156 valence electrons. The molecule has 0 unspecified atom stereocenters. The lowest BCUT2D eigenvalue weighted by Crippen LogP contribution is -2.34. The third-order valence-electron chi connectivity index (χ3n) is 4.83. The summed E-state index contributed by atoms with van der Waals surface area (Å²) in [5.41, 5.74) is 8.31. The number of carbonyl (C=O) groups is 2. The van der Waals surface area contributed by atoms with Crippen LogP contribution in [0.2, 0.25) is 0 Å². The van der Waals surface area contributed by atoms with Crippen LogP contribution in [0.25, 0.3) is 16.3 Å². The first kappa shape index (κ1) is 20.6. The van der Waals surface area contributed by atoms with Crippen LogP contribution in [0.15, 0.2) is 84.2 Å². The van der Waals surface area contributed by atoms with E-state index >= 15 is 0 Å². The van der Waals surface area contributed by atoms with Gasteiger partial charge in [0, 0.05) is 19.5 Å². The lowest BCUT2D eigenvalue weighted by atomic mass is 10.2. The summed E-state index contributed by atoms with van der Waals surface area (Å²) >= 11 is 1.57. The van der Waals surface area contributed by atoms with Crippen molar-refractivity contribution in [2.24, 2.45) is 5.73 Å². The summed E-state index contributed by atoms with van der Waals surface area (Å²) in [4.78, 5) is 27.7. The molecule has 2 amide bonds. The van der Waals surface area contributed by atoms with E-state index in [2.05, 4.69) is 0 Å². The van der Waals surface area contributed by atoms with Gasteiger partial charge < -0.3 is 10.6 Å². The number of rotatable bonds is 8. The molecule has 31 heavy (non-hydrogen) atoms. The minimum Gasteiger partial charge on any atom is -0.370 e. The smallest absolute Gasteiger partial charge is 0.272 e. The van der Waals surface area contributed by atoms with Crippen molar-refractivity contribution in [3.05, 3.63) is 95.5 Å². The summed E-state index contributed by atoms with van der Waals surface area (Å²) in [5, 5.41) is 6.70. The van der Waals surface area contributed by atoms with Gasteiger partial charge >= 0.3 is 0 Å². The van der Waals surface area contributed by atoms with Gasteiger partial charge in [-0.3, -0.25) is 9.59 Å². The van der Waals surface area contributed by atoms with E-state index in [1.807, 2.05) is 84.2 Å². The third-order valence-corrected chi connectivity index (χ3v) is 5.73. The van der Waals surface area contributed by atoms with Crippen LogP contribution >= 0.6 is 11.3 Å². The predicted molar refractivity (Wildman–Crippen MR) is 122 cm³/mol. The monoisotopic (exact) mass is 430 g/mol. The van der Waals surface area contributed by atoms with Crippen LogP contribution in [0, 0.1) is 0 Å². The van der Waals surface area contributed by atoms with E-state index in [0.717, 1.165) is 21.8 Å². The molecular weight excluding hydrogens is 408 g/mol. The number of aromatic nitrogens is 2. The number of amides is 2. The molecule has 0 atom stereocenters. The maximum Gasteiger partial charge on any atom is 0.272 e. The number of carbonyl (C=O) groups excluding carboxylic acids is 2. The molecule has 2 aromatic heterocycles. The molecule has 0 radical (unpaired) electrons. The Labute approximate surface area is 184 Å². The molecule has 0 aliphatic heterocycles. The van der Waals surface area contributed by atoms with E-state index in [9.17, 15) is 9.59 Å². The van der Waals surface area contributed by atoms with Crippen LogP contribution in [-0.4, -0.2) is 33.0 Å². The average molecular weight is 431 g/mol. The van der Waals surface area contributed by atoms with Gasteiger partial charge in [-0.25, -0.2) is 4.68 Å². The van der Waals surface area contributed by atoms with Crippen LogP contribution in [0.4, 0.5) is 0 Å². The maximum atomic E-state index is 13.7. The first-order chi connectivity index (χ1) is 15.1. The van der Waals surface area contributed by atoms with Crippen molar-refractivity contribution in [2.75, 3.05) is 6.54 Å². The van der Waals surface area contributed by atoms with Gasteiger partial charge in [0.15, 0.2) is 0 Å². The van der Waals surface area contributed by atoms with Crippen molar-refractivity contribution in [1.29, 1.82) is 0 Å².